The summed E-state index contributed by atoms with van der Waals surface area (Å²) in [4.78, 5) is 19.4. The second kappa shape index (κ2) is 9.07. The number of nitrogens with one attached hydrogen (secondary N) is 1. The smallest absolute Gasteiger partial charge is 0.242 e. The van der Waals surface area contributed by atoms with Crippen molar-refractivity contribution in [3.05, 3.63) is 48.3 Å². The molecule has 0 fully saturated rings. The Morgan fingerprint density at radius 2 is 1.81 bits per heavy atom. The van der Waals surface area contributed by atoms with E-state index in [9.17, 15) is 13.2 Å². The van der Waals surface area contributed by atoms with E-state index in [1.54, 1.807) is 18.2 Å². The van der Waals surface area contributed by atoms with Gasteiger partial charge in [0.1, 0.15) is 5.82 Å². The SMILES string of the molecule is CCn1c(CCC(=O)Nc2ccccc2N(C)C)nc2cc(S(=O)(=O)N(C)C)ccc21. The minimum atomic E-state index is -3.53. The zero-order valence-corrected chi connectivity index (χ0v) is 19.4. The van der Waals surface area contributed by atoms with Gasteiger partial charge in [-0.25, -0.2) is 17.7 Å². The minimum absolute atomic E-state index is 0.0973. The normalized spacial score (nSPS) is 11.8. The Labute approximate surface area is 183 Å². The van der Waals surface area contributed by atoms with Crippen molar-refractivity contribution in [1.82, 2.24) is 13.9 Å². The molecule has 1 aromatic heterocycles. The van der Waals surface area contributed by atoms with Crippen LogP contribution in [0, 0.1) is 0 Å². The highest BCUT2D eigenvalue weighted by atomic mass is 32.2. The van der Waals surface area contributed by atoms with Crippen molar-refractivity contribution in [2.45, 2.75) is 31.2 Å². The number of rotatable bonds is 8. The van der Waals surface area contributed by atoms with Gasteiger partial charge < -0.3 is 14.8 Å². The van der Waals surface area contributed by atoms with E-state index in [0.29, 0.717) is 18.5 Å². The van der Waals surface area contributed by atoms with Gasteiger partial charge in [0.2, 0.25) is 15.9 Å². The second-order valence-electron chi connectivity index (χ2n) is 7.67. The summed E-state index contributed by atoms with van der Waals surface area (Å²) in [5.41, 5.74) is 3.16. The highest BCUT2D eigenvalue weighted by molar-refractivity contribution is 7.89. The van der Waals surface area contributed by atoms with E-state index in [4.69, 9.17) is 0 Å². The van der Waals surface area contributed by atoms with Gasteiger partial charge in [0, 0.05) is 47.6 Å². The maximum Gasteiger partial charge on any atom is 0.242 e. The zero-order chi connectivity index (χ0) is 22.8. The standard InChI is InChI=1S/C22H29N5O3S/c1-6-27-20-12-11-16(31(29,30)26(4)5)15-18(20)23-21(27)13-14-22(28)24-17-9-7-8-10-19(17)25(2)3/h7-12,15H,6,13-14H2,1-5H3,(H,24,28). The largest absolute Gasteiger partial charge is 0.376 e. The van der Waals surface area contributed by atoms with Crippen LogP contribution in [0.15, 0.2) is 47.4 Å². The molecule has 0 bridgehead atoms. The number of sulfonamides is 1. The lowest BCUT2D eigenvalue weighted by Gasteiger charge is -2.17. The van der Waals surface area contributed by atoms with E-state index < -0.39 is 10.0 Å². The van der Waals surface area contributed by atoms with Crippen molar-refractivity contribution in [1.29, 1.82) is 0 Å². The highest BCUT2D eigenvalue weighted by Crippen LogP contribution is 2.25. The summed E-state index contributed by atoms with van der Waals surface area (Å²) in [7, 11) is 3.33. The third kappa shape index (κ3) is 4.72. The molecular weight excluding hydrogens is 414 g/mol. The second-order valence-corrected chi connectivity index (χ2v) is 9.82. The van der Waals surface area contributed by atoms with Gasteiger partial charge in [0.15, 0.2) is 0 Å². The number of hydrogen-bond donors (Lipinski definition) is 1. The maximum atomic E-state index is 12.6. The molecule has 0 atom stereocenters. The van der Waals surface area contributed by atoms with Crippen molar-refractivity contribution in [3.63, 3.8) is 0 Å². The Balaban J connectivity index is 1.81. The van der Waals surface area contributed by atoms with Crippen molar-refractivity contribution in [2.75, 3.05) is 38.4 Å². The average Bonchev–Trinajstić information content (AvgIpc) is 3.09. The van der Waals surface area contributed by atoms with Crippen molar-refractivity contribution in [2.24, 2.45) is 0 Å². The fourth-order valence-corrected chi connectivity index (χ4v) is 4.40. The molecule has 0 saturated heterocycles. The van der Waals surface area contributed by atoms with Gasteiger partial charge in [-0.05, 0) is 37.3 Å². The van der Waals surface area contributed by atoms with E-state index >= 15 is 0 Å². The molecule has 0 unspecified atom stereocenters. The van der Waals surface area contributed by atoms with Gasteiger partial charge in [-0.3, -0.25) is 4.79 Å². The molecule has 0 spiro atoms. The van der Waals surface area contributed by atoms with Gasteiger partial charge in [-0.15, -0.1) is 0 Å². The van der Waals surface area contributed by atoms with Crippen molar-refractivity contribution >= 4 is 38.3 Å². The molecule has 1 heterocycles. The van der Waals surface area contributed by atoms with Crippen molar-refractivity contribution in [3.8, 4) is 0 Å². The molecule has 9 heteroatoms. The van der Waals surface area contributed by atoms with Gasteiger partial charge in [0.05, 0.1) is 27.3 Å². The number of carbonyl (C=O) groups excluding carboxylic acids is 1. The Kier molecular flexibility index (Phi) is 6.66. The number of aryl methyl sites for hydroxylation is 2. The highest BCUT2D eigenvalue weighted by Gasteiger charge is 2.20. The third-order valence-corrected chi connectivity index (χ3v) is 6.94. The number of fused-ring (bicyclic) bond motifs is 1. The summed E-state index contributed by atoms with van der Waals surface area (Å²) in [6.45, 7) is 2.68. The first-order chi connectivity index (χ1) is 14.6. The lowest BCUT2D eigenvalue weighted by atomic mass is 10.2. The number of benzene rings is 2. The van der Waals surface area contributed by atoms with E-state index in [0.717, 1.165) is 22.7 Å². The number of imidazole rings is 1. The number of para-hydroxylation sites is 2. The first-order valence-electron chi connectivity index (χ1n) is 10.1. The maximum absolute atomic E-state index is 12.6. The molecule has 2 aromatic carbocycles. The summed E-state index contributed by atoms with van der Waals surface area (Å²) >= 11 is 0. The predicted molar refractivity (Wildman–Crippen MR) is 124 cm³/mol. The summed E-state index contributed by atoms with van der Waals surface area (Å²) in [5.74, 6) is 0.660. The summed E-state index contributed by atoms with van der Waals surface area (Å²) in [6, 6.07) is 12.6. The molecule has 8 nitrogen and oxygen atoms in total. The molecule has 3 rings (SSSR count). The quantitative estimate of drug-likeness (QED) is 0.578. The predicted octanol–water partition coefficient (Wildman–Crippen LogP) is 2.94. The summed E-state index contributed by atoms with van der Waals surface area (Å²) in [6.07, 6.45) is 0.724. The molecule has 1 N–H and O–H groups in total. The van der Waals surface area contributed by atoms with Crippen LogP contribution in [0.3, 0.4) is 0 Å². The van der Waals surface area contributed by atoms with Crippen LogP contribution in [-0.4, -0.2) is 56.4 Å². The monoisotopic (exact) mass is 443 g/mol. The molecule has 0 saturated carbocycles. The van der Waals surface area contributed by atoms with Crippen LogP contribution in [0.2, 0.25) is 0 Å². The third-order valence-electron chi connectivity index (χ3n) is 5.13. The molecule has 0 aliphatic heterocycles. The topological polar surface area (TPSA) is 87.5 Å². The lowest BCUT2D eigenvalue weighted by Crippen LogP contribution is -2.22. The fourth-order valence-electron chi connectivity index (χ4n) is 3.48. The number of anilines is 2. The number of carbonyl (C=O) groups is 1. The fraction of sp³-hybridized carbons (Fsp3) is 0.364. The molecule has 0 aliphatic rings. The summed E-state index contributed by atoms with van der Waals surface area (Å²) in [5, 5.41) is 2.97. The molecular formula is C22H29N5O3S. The Morgan fingerprint density at radius 1 is 1.10 bits per heavy atom. The van der Waals surface area contributed by atoms with Crippen LogP contribution in [-0.2, 0) is 27.8 Å². The Morgan fingerprint density at radius 3 is 2.45 bits per heavy atom. The molecule has 3 aromatic rings. The van der Waals surface area contributed by atoms with E-state index in [2.05, 4.69) is 10.3 Å². The van der Waals surface area contributed by atoms with E-state index in [-0.39, 0.29) is 17.2 Å². The lowest BCUT2D eigenvalue weighted by molar-refractivity contribution is -0.116. The molecule has 1 amide bonds. The zero-order valence-electron chi connectivity index (χ0n) is 18.6. The first-order valence-corrected chi connectivity index (χ1v) is 11.6. The van der Waals surface area contributed by atoms with E-state index in [1.165, 1.54) is 18.4 Å². The van der Waals surface area contributed by atoms with Crippen molar-refractivity contribution < 1.29 is 13.2 Å². The van der Waals surface area contributed by atoms with Gasteiger partial charge >= 0.3 is 0 Å². The number of hydrogen-bond acceptors (Lipinski definition) is 5. The average molecular weight is 444 g/mol. The van der Waals surface area contributed by atoms with Crippen LogP contribution in [0.25, 0.3) is 11.0 Å². The van der Waals surface area contributed by atoms with Crippen LogP contribution in [0.1, 0.15) is 19.2 Å². The van der Waals surface area contributed by atoms with Gasteiger partial charge in [-0.1, -0.05) is 12.1 Å². The van der Waals surface area contributed by atoms with E-state index in [1.807, 2.05) is 54.8 Å². The first kappa shape index (κ1) is 22.8. The van der Waals surface area contributed by atoms with Crippen LogP contribution in [0.4, 0.5) is 11.4 Å². The molecule has 0 radical (unpaired) electrons. The molecule has 0 aliphatic carbocycles. The number of aromatic nitrogens is 2. The number of amides is 1. The Hall–Kier alpha value is -2.91. The number of nitrogens with zero attached hydrogens (tertiary/aromatic N) is 4. The van der Waals surface area contributed by atoms with Crippen LogP contribution >= 0.6 is 0 Å². The van der Waals surface area contributed by atoms with Crippen LogP contribution < -0.4 is 10.2 Å². The minimum Gasteiger partial charge on any atom is -0.376 e. The Bertz CT molecular complexity index is 1200. The molecule has 166 valence electrons. The molecule has 31 heavy (non-hydrogen) atoms. The van der Waals surface area contributed by atoms with Crippen LogP contribution in [0.5, 0.6) is 0 Å². The summed E-state index contributed by atoms with van der Waals surface area (Å²) < 4.78 is 28.1. The van der Waals surface area contributed by atoms with Gasteiger partial charge in [-0.2, -0.15) is 0 Å². The van der Waals surface area contributed by atoms with Gasteiger partial charge in [0.25, 0.3) is 0 Å².